The van der Waals surface area contributed by atoms with Crippen LogP contribution in [0.25, 0.3) is 0 Å². The molecule has 4 nitrogen and oxygen atoms in total. The molecule has 0 radical (unpaired) electrons. The van der Waals surface area contributed by atoms with Crippen molar-refractivity contribution in [1.29, 1.82) is 0 Å². The number of nitrogens with one attached hydrogen (secondary N) is 2. The Hall–Kier alpha value is -1.29. The molecule has 0 aliphatic heterocycles. The summed E-state index contributed by atoms with van der Waals surface area (Å²) in [5.74, 6) is 0.975. The summed E-state index contributed by atoms with van der Waals surface area (Å²) in [6, 6.07) is 3.93. The normalized spacial score (nSPS) is 12.4. The Morgan fingerprint density at radius 1 is 1.60 bits per heavy atom. The lowest BCUT2D eigenvalue weighted by atomic mass is 10.2. The Balaban J connectivity index is 2.18. The molecule has 0 aromatic carbocycles. The molecule has 15 heavy (non-hydrogen) atoms. The molecule has 0 saturated heterocycles. The van der Waals surface area contributed by atoms with Gasteiger partial charge in [-0.05, 0) is 26.0 Å². The van der Waals surface area contributed by atoms with Crippen LogP contribution in [0.15, 0.2) is 22.8 Å². The van der Waals surface area contributed by atoms with Crippen molar-refractivity contribution in [3.8, 4) is 0 Å². The minimum Gasteiger partial charge on any atom is -0.468 e. The average molecular weight is 210 g/mol. The van der Waals surface area contributed by atoms with Gasteiger partial charge in [0, 0.05) is 19.5 Å². The van der Waals surface area contributed by atoms with E-state index in [2.05, 4.69) is 10.6 Å². The second-order valence-electron chi connectivity index (χ2n) is 3.39. The van der Waals surface area contributed by atoms with E-state index in [4.69, 9.17) is 4.42 Å². The van der Waals surface area contributed by atoms with Gasteiger partial charge in [0.1, 0.15) is 5.76 Å². The van der Waals surface area contributed by atoms with Crippen LogP contribution in [-0.4, -0.2) is 19.0 Å². The van der Waals surface area contributed by atoms with Gasteiger partial charge in [-0.25, -0.2) is 0 Å². The molecule has 0 unspecified atom stereocenters. The van der Waals surface area contributed by atoms with E-state index in [1.165, 1.54) is 0 Å². The first-order chi connectivity index (χ1) is 7.24. The van der Waals surface area contributed by atoms with Crippen molar-refractivity contribution in [2.75, 3.05) is 13.1 Å². The Morgan fingerprint density at radius 2 is 2.40 bits per heavy atom. The van der Waals surface area contributed by atoms with Gasteiger partial charge >= 0.3 is 0 Å². The van der Waals surface area contributed by atoms with Gasteiger partial charge in [-0.2, -0.15) is 0 Å². The van der Waals surface area contributed by atoms with E-state index in [1.54, 1.807) is 6.26 Å². The summed E-state index contributed by atoms with van der Waals surface area (Å²) in [7, 11) is 0. The van der Waals surface area contributed by atoms with Crippen molar-refractivity contribution >= 4 is 5.91 Å². The maximum Gasteiger partial charge on any atom is 0.221 e. The first kappa shape index (κ1) is 11.8. The summed E-state index contributed by atoms with van der Waals surface area (Å²) in [4.78, 5) is 11.1. The van der Waals surface area contributed by atoms with E-state index < -0.39 is 0 Å². The summed E-state index contributed by atoms with van der Waals surface area (Å²) < 4.78 is 5.24. The van der Waals surface area contributed by atoms with E-state index in [-0.39, 0.29) is 11.9 Å². The second kappa shape index (κ2) is 6.24. The fourth-order valence-electron chi connectivity index (χ4n) is 1.33. The monoisotopic (exact) mass is 210 g/mol. The van der Waals surface area contributed by atoms with Gasteiger partial charge in [0.25, 0.3) is 0 Å². The molecule has 2 N–H and O–H groups in total. The maximum absolute atomic E-state index is 11.1. The third-order valence-electron chi connectivity index (χ3n) is 2.15. The summed E-state index contributed by atoms with van der Waals surface area (Å²) in [5.41, 5.74) is 0. The molecule has 0 fully saturated rings. The maximum atomic E-state index is 11.1. The van der Waals surface area contributed by atoms with E-state index in [9.17, 15) is 4.79 Å². The third kappa shape index (κ3) is 4.16. The molecule has 84 valence electrons. The Labute approximate surface area is 90.0 Å². The fourth-order valence-corrected chi connectivity index (χ4v) is 1.33. The number of furan rings is 1. The molecule has 0 bridgehead atoms. The zero-order valence-electron chi connectivity index (χ0n) is 9.25. The summed E-state index contributed by atoms with van der Waals surface area (Å²) in [6.07, 6.45) is 2.15. The number of carbonyl (C=O) groups excluding carboxylic acids is 1. The van der Waals surface area contributed by atoms with E-state index in [1.807, 2.05) is 26.0 Å². The van der Waals surface area contributed by atoms with Crippen molar-refractivity contribution in [3.05, 3.63) is 24.2 Å². The molecule has 0 aliphatic rings. The van der Waals surface area contributed by atoms with Gasteiger partial charge in [0.05, 0.1) is 12.3 Å². The summed E-state index contributed by atoms with van der Waals surface area (Å²) >= 11 is 0. The van der Waals surface area contributed by atoms with Crippen molar-refractivity contribution < 1.29 is 9.21 Å². The zero-order valence-corrected chi connectivity index (χ0v) is 9.25. The van der Waals surface area contributed by atoms with Crippen LogP contribution < -0.4 is 10.6 Å². The SMILES string of the molecule is CCNC(=O)CCN[C@@H](C)c1ccco1. The standard InChI is InChI=1S/C11H18N2O2/c1-3-12-11(14)6-7-13-9(2)10-5-4-8-15-10/h4-5,8-9,13H,3,6-7H2,1-2H3,(H,12,14)/t9-/m0/s1. The molecule has 1 atom stereocenters. The van der Waals surface area contributed by atoms with E-state index >= 15 is 0 Å². The molecular formula is C11H18N2O2. The molecular weight excluding hydrogens is 192 g/mol. The smallest absolute Gasteiger partial charge is 0.221 e. The molecule has 1 rings (SSSR count). The van der Waals surface area contributed by atoms with Gasteiger partial charge in [0.15, 0.2) is 0 Å². The minimum atomic E-state index is 0.0802. The van der Waals surface area contributed by atoms with Crippen LogP contribution in [0.4, 0.5) is 0 Å². The molecule has 1 amide bonds. The van der Waals surface area contributed by atoms with Crippen LogP contribution >= 0.6 is 0 Å². The van der Waals surface area contributed by atoms with Gasteiger partial charge < -0.3 is 15.1 Å². The predicted octanol–water partition coefficient (Wildman–Crippen LogP) is 1.46. The molecule has 1 aromatic rings. The van der Waals surface area contributed by atoms with Crippen LogP contribution in [0.5, 0.6) is 0 Å². The minimum absolute atomic E-state index is 0.0802. The number of rotatable bonds is 6. The summed E-state index contributed by atoms with van der Waals surface area (Å²) in [6.45, 7) is 5.27. The number of carbonyl (C=O) groups is 1. The highest BCUT2D eigenvalue weighted by atomic mass is 16.3. The third-order valence-corrected chi connectivity index (χ3v) is 2.15. The molecule has 1 heterocycles. The first-order valence-corrected chi connectivity index (χ1v) is 5.27. The lowest BCUT2D eigenvalue weighted by Crippen LogP contribution is -2.28. The van der Waals surface area contributed by atoms with Crippen LogP contribution in [0.3, 0.4) is 0 Å². The summed E-state index contributed by atoms with van der Waals surface area (Å²) in [5, 5.41) is 5.97. The van der Waals surface area contributed by atoms with Crippen molar-refractivity contribution in [3.63, 3.8) is 0 Å². The van der Waals surface area contributed by atoms with Crippen molar-refractivity contribution in [1.82, 2.24) is 10.6 Å². The lowest BCUT2D eigenvalue weighted by molar-refractivity contribution is -0.120. The van der Waals surface area contributed by atoms with Gasteiger partial charge in [0.2, 0.25) is 5.91 Å². The highest BCUT2D eigenvalue weighted by molar-refractivity contribution is 5.75. The molecule has 4 heteroatoms. The number of hydrogen-bond donors (Lipinski definition) is 2. The van der Waals surface area contributed by atoms with Crippen LogP contribution in [-0.2, 0) is 4.79 Å². The van der Waals surface area contributed by atoms with Crippen LogP contribution in [0, 0.1) is 0 Å². The molecule has 1 aromatic heterocycles. The van der Waals surface area contributed by atoms with Crippen LogP contribution in [0.2, 0.25) is 0 Å². The Kier molecular flexibility index (Phi) is 4.90. The molecule has 0 saturated carbocycles. The van der Waals surface area contributed by atoms with Crippen molar-refractivity contribution in [2.24, 2.45) is 0 Å². The molecule has 0 spiro atoms. The quantitative estimate of drug-likeness (QED) is 0.747. The van der Waals surface area contributed by atoms with Crippen molar-refractivity contribution in [2.45, 2.75) is 26.3 Å². The highest BCUT2D eigenvalue weighted by Gasteiger charge is 2.07. The van der Waals surface area contributed by atoms with E-state index in [0.29, 0.717) is 19.5 Å². The van der Waals surface area contributed by atoms with E-state index in [0.717, 1.165) is 5.76 Å². The zero-order chi connectivity index (χ0) is 11.1. The molecule has 0 aliphatic carbocycles. The van der Waals surface area contributed by atoms with Gasteiger partial charge in [-0.15, -0.1) is 0 Å². The highest BCUT2D eigenvalue weighted by Crippen LogP contribution is 2.11. The average Bonchev–Trinajstić information content (AvgIpc) is 2.70. The Bertz CT molecular complexity index is 283. The fraction of sp³-hybridized carbons (Fsp3) is 0.545. The van der Waals surface area contributed by atoms with Gasteiger partial charge in [-0.1, -0.05) is 0 Å². The topological polar surface area (TPSA) is 54.3 Å². The Morgan fingerprint density at radius 3 is 3.00 bits per heavy atom. The first-order valence-electron chi connectivity index (χ1n) is 5.27. The van der Waals surface area contributed by atoms with Crippen LogP contribution in [0.1, 0.15) is 32.1 Å². The van der Waals surface area contributed by atoms with Gasteiger partial charge in [-0.3, -0.25) is 4.79 Å². The predicted molar refractivity (Wildman–Crippen MR) is 58.4 cm³/mol. The second-order valence-corrected chi connectivity index (χ2v) is 3.39. The largest absolute Gasteiger partial charge is 0.468 e. The number of amides is 1. The number of hydrogen-bond acceptors (Lipinski definition) is 3. The lowest BCUT2D eigenvalue weighted by Gasteiger charge is -2.10.